The number of urea groups is 1. The number of imide groups is 1. The predicted molar refractivity (Wildman–Crippen MR) is 154 cm³/mol. The molecule has 0 aliphatic carbocycles. The van der Waals surface area contributed by atoms with Crippen molar-refractivity contribution in [2.24, 2.45) is 0 Å². The van der Waals surface area contributed by atoms with Gasteiger partial charge in [0.2, 0.25) is 5.91 Å². The van der Waals surface area contributed by atoms with Crippen LogP contribution in [0.1, 0.15) is 47.4 Å². The Morgan fingerprint density at radius 1 is 1.10 bits per heavy atom. The summed E-state index contributed by atoms with van der Waals surface area (Å²) >= 11 is 1.07. The van der Waals surface area contributed by atoms with Crippen molar-refractivity contribution in [3.05, 3.63) is 76.8 Å². The van der Waals surface area contributed by atoms with Crippen molar-refractivity contribution in [3.63, 3.8) is 0 Å². The van der Waals surface area contributed by atoms with E-state index in [4.69, 9.17) is 9.47 Å². The molecule has 1 aromatic heterocycles. The third kappa shape index (κ3) is 7.17. The fourth-order valence-corrected chi connectivity index (χ4v) is 5.16. The van der Waals surface area contributed by atoms with E-state index < -0.39 is 35.8 Å². The van der Waals surface area contributed by atoms with Crippen LogP contribution in [-0.2, 0) is 19.1 Å². The molecule has 0 radical (unpaired) electrons. The lowest BCUT2D eigenvalue weighted by Crippen LogP contribution is -2.50. The number of hydrogen-bond donors (Lipinski definition) is 3. The normalized spacial score (nSPS) is 16.0. The molecule has 1 fully saturated rings. The van der Waals surface area contributed by atoms with Crippen LogP contribution in [0.5, 0.6) is 5.75 Å². The number of ketones is 1. The number of nitrogens with one attached hydrogen (secondary N) is 3. The number of carbonyl (C=O) groups excluding carboxylic acids is 5. The van der Waals surface area contributed by atoms with Crippen molar-refractivity contribution in [2.45, 2.75) is 31.8 Å². The number of ether oxygens (including phenoxy) is 2. The monoisotopic (exact) mass is 593 g/mol. The molecule has 1 saturated heterocycles. The first kappa shape index (κ1) is 30.3. The molecule has 0 unspecified atom stereocenters. The number of rotatable bonds is 13. The molecule has 42 heavy (non-hydrogen) atoms. The highest BCUT2D eigenvalue weighted by Gasteiger charge is 2.47. The average molecular weight is 594 g/mol. The first-order chi connectivity index (χ1) is 20.2. The Morgan fingerprint density at radius 3 is 2.45 bits per heavy atom. The minimum absolute atomic E-state index is 0.182. The van der Waals surface area contributed by atoms with E-state index in [0.717, 1.165) is 21.8 Å². The molecule has 2 heterocycles. The minimum atomic E-state index is -1.21. The Bertz CT molecular complexity index is 1440. The average Bonchev–Trinajstić information content (AvgIpc) is 3.57. The van der Waals surface area contributed by atoms with Gasteiger partial charge in [-0.15, -0.1) is 11.3 Å². The van der Waals surface area contributed by atoms with E-state index in [1.165, 1.54) is 19.4 Å². The van der Waals surface area contributed by atoms with Crippen molar-refractivity contribution < 1.29 is 33.4 Å². The van der Waals surface area contributed by atoms with Gasteiger partial charge >= 0.3 is 6.03 Å². The van der Waals surface area contributed by atoms with Gasteiger partial charge < -0.3 is 25.4 Å². The SMILES string of the molecule is COCCNC(=O)COc1ccc([C@H]2NC(=O)N([C@H](C(=O)Nc3nc(C(C)=O)cs3)[C@@H](C)c3ccccc3)C2=O)cc1. The summed E-state index contributed by atoms with van der Waals surface area (Å²) in [6.45, 7) is 3.68. The summed E-state index contributed by atoms with van der Waals surface area (Å²) in [5.74, 6) is -1.95. The first-order valence-electron chi connectivity index (χ1n) is 13.1. The van der Waals surface area contributed by atoms with Gasteiger partial charge in [-0.2, -0.15) is 0 Å². The third-order valence-electron chi connectivity index (χ3n) is 6.62. The second-order valence-corrected chi connectivity index (χ2v) is 10.4. The lowest BCUT2D eigenvalue weighted by atomic mass is 9.91. The van der Waals surface area contributed by atoms with Gasteiger partial charge in [-0.05, 0) is 23.3 Å². The zero-order valence-electron chi connectivity index (χ0n) is 23.3. The van der Waals surface area contributed by atoms with Crippen molar-refractivity contribution in [3.8, 4) is 5.75 Å². The molecule has 3 N–H and O–H groups in total. The minimum Gasteiger partial charge on any atom is -0.484 e. The van der Waals surface area contributed by atoms with Gasteiger partial charge in [-0.3, -0.25) is 19.2 Å². The molecule has 4 rings (SSSR count). The quantitative estimate of drug-likeness (QED) is 0.155. The van der Waals surface area contributed by atoms with E-state index in [-0.39, 0.29) is 29.1 Å². The molecule has 3 aromatic rings. The zero-order chi connectivity index (χ0) is 30.2. The lowest BCUT2D eigenvalue weighted by Gasteiger charge is -2.29. The Hall–Kier alpha value is -4.62. The number of hydrogen-bond acceptors (Lipinski definition) is 9. The van der Waals surface area contributed by atoms with Crippen LogP contribution in [0, 0.1) is 0 Å². The van der Waals surface area contributed by atoms with E-state index in [2.05, 4.69) is 20.9 Å². The van der Waals surface area contributed by atoms with E-state index in [1.807, 2.05) is 30.3 Å². The number of methoxy groups -OCH3 is 1. The number of anilines is 1. The Morgan fingerprint density at radius 2 is 1.81 bits per heavy atom. The van der Waals surface area contributed by atoms with Crippen molar-refractivity contribution in [2.75, 3.05) is 32.2 Å². The maximum absolute atomic E-state index is 13.7. The number of thiazole rings is 1. The number of amides is 5. The number of carbonyl (C=O) groups is 5. The maximum atomic E-state index is 13.7. The van der Waals surface area contributed by atoms with Gasteiger partial charge in [0.25, 0.3) is 11.8 Å². The smallest absolute Gasteiger partial charge is 0.325 e. The molecule has 3 atom stereocenters. The summed E-state index contributed by atoms with van der Waals surface area (Å²) < 4.78 is 10.4. The standard InChI is InChI=1S/C29H31N5O7S/c1-17(19-7-5-4-6-8-19)25(26(37)33-28-31-22(16-42-28)18(2)35)34-27(38)24(32-29(34)39)20-9-11-21(12-10-20)41-15-23(36)30-13-14-40-3/h4-12,16-17,24-25H,13-15H2,1-3H3,(H,30,36)(H,32,39)(H,31,33,37)/t17-,24+,25-/m0/s1. The Labute approximate surface area is 246 Å². The van der Waals surface area contributed by atoms with Crippen LogP contribution in [0.15, 0.2) is 60.0 Å². The number of Topliss-reactive ketones (excluding diaryl/α,β-unsaturated/α-hetero) is 1. The van der Waals surface area contributed by atoms with Crippen molar-refractivity contribution in [1.29, 1.82) is 0 Å². The summed E-state index contributed by atoms with van der Waals surface area (Å²) in [5.41, 5.74) is 1.43. The van der Waals surface area contributed by atoms with Gasteiger partial charge in [0.05, 0.1) is 6.61 Å². The summed E-state index contributed by atoms with van der Waals surface area (Å²) in [4.78, 5) is 69.1. The van der Waals surface area contributed by atoms with Gasteiger partial charge in [-0.1, -0.05) is 49.4 Å². The highest BCUT2D eigenvalue weighted by molar-refractivity contribution is 7.14. The van der Waals surface area contributed by atoms with Gasteiger partial charge in [0.15, 0.2) is 17.5 Å². The van der Waals surface area contributed by atoms with Crippen LogP contribution >= 0.6 is 11.3 Å². The largest absolute Gasteiger partial charge is 0.484 e. The molecule has 0 spiro atoms. The second-order valence-electron chi connectivity index (χ2n) is 9.52. The molecule has 220 valence electrons. The Kier molecular flexibility index (Phi) is 9.99. The van der Waals surface area contributed by atoms with Crippen LogP contribution < -0.4 is 20.7 Å². The second kappa shape index (κ2) is 13.8. The predicted octanol–water partition coefficient (Wildman–Crippen LogP) is 2.89. The molecule has 1 aliphatic heterocycles. The highest BCUT2D eigenvalue weighted by Crippen LogP contribution is 2.32. The van der Waals surface area contributed by atoms with Crippen LogP contribution in [0.25, 0.3) is 0 Å². The third-order valence-corrected chi connectivity index (χ3v) is 7.38. The maximum Gasteiger partial charge on any atom is 0.325 e. The fourth-order valence-electron chi connectivity index (χ4n) is 4.41. The number of nitrogens with zero attached hydrogens (tertiary/aromatic N) is 2. The zero-order valence-corrected chi connectivity index (χ0v) is 24.1. The topological polar surface area (TPSA) is 156 Å². The lowest BCUT2D eigenvalue weighted by molar-refractivity contribution is -0.134. The highest BCUT2D eigenvalue weighted by atomic mass is 32.1. The molecule has 0 bridgehead atoms. The van der Waals surface area contributed by atoms with Gasteiger partial charge in [0, 0.05) is 31.9 Å². The van der Waals surface area contributed by atoms with E-state index in [9.17, 15) is 24.0 Å². The number of benzene rings is 2. The number of aromatic nitrogens is 1. The van der Waals surface area contributed by atoms with Crippen LogP contribution in [-0.4, -0.2) is 72.3 Å². The van der Waals surface area contributed by atoms with Gasteiger partial charge in [-0.25, -0.2) is 14.7 Å². The van der Waals surface area contributed by atoms with E-state index >= 15 is 0 Å². The fraction of sp³-hybridized carbons (Fsp3) is 0.310. The summed E-state index contributed by atoms with van der Waals surface area (Å²) in [6.07, 6.45) is 0. The van der Waals surface area contributed by atoms with Gasteiger partial charge in [0.1, 0.15) is 23.5 Å². The Balaban J connectivity index is 1.52. The molecule has 1 aliphatic rings. The summed E-state index contributed by atoms with van der Waals surface area (Å²) in [7, 11) is 1.54. The molecule has 0 saturated carbocycles. The first-order valence-corrected chi connectivity index (χ1v) is 14.0. The molecule has 2 aromatic carbocycles. The summed E-state index contributed by atoms with van der Waals surface area (Å²) in [6, 6.07) is 12.5. The molecule has 12 nitrogen and oxygen atoms in total. The summed E-state index contributed by atoms with van der Waals surface area (Å²) in [5, 5.41) is 9.71. The molecular formula is C29H31N5O7S. The van der Waals surface area contributed by atoms with E-state index in [1.54, 1.807) is 31.2 Å². The molecule has 13 heteroatoms. The van der Waals surface area contributed by atoms with Crippen molar-refractivity contribution >= 4 is 46.0 Å². The van der Waals surface area contributed by atoms with E-state index in [0.29, 0.717) is 24.5 Å². The van der Waals surface area contributed by atoms with Crippen molar-refractivity contribution in [1.82, 2.24) is 20.5 Å². The molecular weight excluding hydrogens is 562 g/mol. The van der Waals surface area contributed by atoms with Crippen LogP contribution in [0.3, 0.4) is 0 Å². The molecule has 5 amide bonds. The van der Waals surface area contributed by atoms with Crippen LogP contribution in [0.2, 0.25) is 0 Å². The van der Waals surface area contributed by atoms with Crippen LogP contribution in [0.4, 0.5) is 9.93 Å².